The van der Waals surface area contributed by atoms with Gasteiger partial charge in [-0.1, -0.05) is 12.2 Å². The van der Waals surface area contributed by atoms with Crippen LogP contribution in [0.4, 0.5) is 0 Å². The molecule has 0 spiro atoms. The summed E-state index contributed by atoms with van der Waals surface area (Å²) in [4.78, 5) is 4.49. The molecule has 0 aromatic rings. The second-order valence-corrected chi connectivity index (χ2v) is 2.60. The predicted molar refractivity (Wildman–Crippen MR) is 44.0 cm³/mol. The van der Waals surface area contributed by atoms with E-state index >= 15 is 0 Å². The topological polar surface area (TPSA) is 21.6 Å². The Bertz CT molecular complexity index is 197. The van der Waals surface area contributed by atoms with Crippen molar-refractivity contribution in [3.05, 3.63) is 0 Å². The summed E-state index contributed by atoms with van der Waals surface area (Å²) in [6.45, 7) is 1.73. The fourth-order valence-corrected chi connectivity index (χ4v) is 1.17. The van der Waals surface area contributed by atoms with E-state index in [1.54, 1.807) is 6.92 Å². The van der Waals surface area contributed by atoms with Gasteiger partial charge in [0.2, 0.25) is 0 Å². The Balaban J connectivity index is 2.79. The molecule has 1 aliphatic heterocycles. The number of ether oxygens (including phenoxy) is 1. The lowest BCUT2D eigenvalue weighted by atomic mass is 10.4. The van der Waals surface area contributed by atoms with Crippen molar-refractivity contribution in [2.75, 3.05) is 0 Å². The monoisotopic (exact) mass is 159 g/mol. The highest BCUT2D eigenvalue weighted by Crippen LogP contribution is 2.03. The zero-order valence-corrected chi connectivity index (χ0v) is 6.51. The smallest absolute Gasteiger partial charge is 0.193 e. The average Bonchev–Trinajstić information content (AvgIpc) is 1.59. The van der Waals surface area contributed by atoms with Gasteiger partial charge in [0, 0.05) is 6.92 Å². The molecule has 0 saturated carbocycles. The first-order chi connectivity index (χ1) is 4.18. The van der Waals surface area contributed by atoms with Crippen molar-refractivity contribution in [1.82, 2.24) is 0 Å². The molecule has 2 nitrogen and oxygen atoms in total. The fraction of sp³-hybridized carbons (Fsp3) is 0.400. The second kappa shape index (κ2) is 2.49. The van der Waals surface area contributed by atoms with Gasteiger partial charge in [-0.05, 0) is 12.2 Å². The fourth-order valence-electron chi connectivity index (χ4n) is 0.562. The Morgan fingerprint density at radius 1 is 1.56 bits per heavy atom. The molecule has 0 saturated heterocycles. The summed E-state index contributed by atoms with van der Waals surface area (Å²) in [7, 11) is 0. The molecule has 1 aliphatic rings. The number of aliphatic imine (C=N–C) groups is 1. The lowest BCUT2D eigenvalue weighted by molar-refractivity contribution is 0.541. The Labute approximate surface area is 63.9 Å². The Kier molecular flexibility index (Phi) is 1.87. The quantitative estimate of drug-likeness (QED) is 0.500. The summed E-state index contributed by atoms with van der Waals surface area (Å²) in [5, 5.41) is 0.521. The van der Waals surface area contributed by atoms with E-state index in [1.807, 2.05) is 0 Å². The van der Waals surface area contributed by atoms with Crippen molar-refractivity contribution in [3.8, 4) is 0 Å². The third-order valence-corrected chi connectivity index (χ3v) is 1.30. The first-order valence-corrected chi connectivity index (χ1v) is 3.29. The lowest BCUT2D eigenvalue weighted by Crippen LogP contribution is -2.17. The molecular formula is C5H5NOS2. The van der Waals surface area contributed by atoms with Gasteiger partial charge in [0.05, 0.1) is 6.42 Å². The molecule has 0 aromatic heterocycles. The van der Waals surface area contributed by atoms with Gasteiger partial charge >= 0.3 is 0 Å². The van der Waals surface area contributed by atoms with Crippen LogP contribution in [0.1, 0.15) is 13.3 Å². The molecule has 0 unspecified atom stereocenters. The van der Waals surface area contributed by atoms with Crippen LogP contribution in [0.25, 0.3) is 0 Å². The maximum absolute atomic E-state index is 4.95. The van der Waals surface area contributed by atoms with Crippen LogP contribution in [-0.2, 0) is 4.74 Å². The second-order valence-electron chi connectivity index (χ2n) is 1.68. The van der Waals surface area contributed by atoms with Gasteiger partial charge < -0.3 is 4.74 Å². The minimum atomic E-state index is 0.516. The number of rotatable bonds is 0. The third-order valence-electron chi connectivity index (χ3n) is 0.839. The van der Waals surface area contributed by atoms with E-state index in [2.05, 4.69) is 4.99 Å². The Morgan fingerprint density at radius 2 is 2.22 bits per heavy atom. The van der Waals surface area contributed by atoms with Crippen molar-refractivity contribution in [2.24, 2.45) is 4.99 Å². The summed E-state index contributed by atoms with van der Waals surface area (Å²) in [6, 6.07) is 0. The molecule has 0 atom stereocenters. The van der Waals surface area contributed by atoms with Crippen molar-refractivity contribution in [1.29, 1.82) is 0 Å². The molecule has 4 heteroatoms. The number of hydrogen-bond acceptors (Lipinski definition) is 3. The minimum Gasteiger partial charge on any atom is -0.436 e. The molecule has 0 N–H and O–H groups in total. The van der Waals surface area contributed by atoms with Crippen LogP contribution >= 0.6 is 24.4 Å². The molecule has 0 fully saturated rings. The molecule has 0 aromatic carbocycles. The van der Waals surface area contributed by atoms with Crippen LogP contribution < -0.4 is 0 Å². The molecule has 1 rings (SSSR count). The summed E-state index contributed by atoms with van der Waals surface area (Å²) in [5.74, 6) is 0.552. The average molecular weight is 159 g/mol. The van der Waals surface area contributed by atoms with E-state index in [0.29, 0.717) is 22.4 Å². The van der Waals surface area contributed by atoms with E-state index in [9.17, 15) is 0 Å². The number of thiocarbonyl (C=S) groups is 2. The van der Waals surface area contributed by atoms with Crippen molar-refractivity contribution in [2.45, 2.75) is 13.3 Å². The van der Waals surface area contributed by atoms with Gasteiger partial charge in [-0.25, -0.2) is 4.99 Å². The van der Waals surface area contributed by atoms with Gasteiger partial charge in [-0.15, -0.1) is 0 Å². The lowest BCUT2D eigenvalue weighted by Gasteiger charge is -2.10. The molecule has 9 heavy (non-hydrogen) atoms. The van der Waals surface area contributed by atoms with E-state index in [1.165, 1.54) is 0 Å². The van der Waals surface area contributed by atoms with Gasteiger partial charge in [0.1, 0.15) is 4.99 Å². The van der Waals surface area contributed by atoms with E-state index in [-0.39, 0.29) is 0 Å². The maximum atomic E-state index is 4.95. The highest BCUT2D eigenvalue weighted by Gasteiger charge is 2.10. The highest BCUT2D eigenvalue weighted by atomic mass is 32.1. The van der Waals surface area contributed by atoms with Gasteiger partial charge in [0.15, 0.2) is 10.9 Å². The standard InChI is InChI=1S/C5H5NOS2/c1-3-6-4(8)2-5(9)7-3/h2H2,1H3. The largest absolute Gasteiger partial charge is 0.436 e. The maximum Gasteiger partial charge on any atom is 0.193 e. The van der Waals surface area contributed by atoms with Gasteiger partial charge in [-0.3, -0.25) is 0 Å². The zero-order valence-electron chi connectivity index (χ0n) is 4.88. The zero-order chi connectivity index (χ0) is 6.85. The summed E-state index contributed by atoms with van der Waals surface area (Å²) in [5.41, 5.74) is 0. The van der Waals surface area contributed by atoms with Crippen LogP contribution in [0.3, 0.4) is 0 Å². The Morgan fingerprint density at radius 3 is 2.67 bits per heavy atom. The van der Waals surface area contributed by atoms with Crippen LogP contribution in [0.2, 0.25) is 0 Å². The van der Waals surface area contributed by atoms with Gasteiger partial charge in [0.25, 0.3) is 0 Å². The minimum absolute atomic E-state index is 0.516. The number of nitrogens with zero attached hydrogens (tertiary/aromatic N) is 1. The molecule has 0 bridgehead atoms. The molecule has 1 heterocycles. The molecule has 0 aliphatic carbocycles. The molecule has 48 valence electrons. The first-order valence-electron chi connectivity index (χ1n) is 2.47. The van der Waals surface area contributed by atoms with E-state index < -0.39 is 0 Å². The van der Waals surface area contributed by atoms with Crippen molar-refractivity contribution >= 4 is 40.4 Å². The van der Waals surface area contributed by atoms with Crippen LogP contribution in [0.5, 0.6) is 0 Å². The predicted octanol–water partition coefficient (Wildman–Crippen LogP) is 1.48. The highest BCUT2D eigenvalue weighted by molar-refractivity contribution is 7.82. The number of hydrogen-bond donors (Lipinski definition) is 0. The molecule has 0 radical (unpaired) electrons. The molecule has 0 amide bonds. The normalized spacial score (nSPS) is 19.0. The van der Waals surface area contributed by atoms with Crippen LogP contribution in [0.15, 0.2) is 4.99 Å². The van der Waals surface area contributed by atoms with E-state index in [0.717, 1.165) is 0 Å². The Hall–Kier alpha value is -0.350. The van der Waals surface area contributed by atoms with E-state index in [4.69, 9.17) is 29.2 Å². The summed E-state index contributed by atoms with van der Waals surface area (Å²) in [6.07, 6.45) is 0.516. The van der Waals surface area contributed by atoms with Crippen LogP contribution in [-0.4, -0.2) is 15.9 Å². The van der Waals surface area contributed by atoms with Crippen molar-refractivity contribution < 1.29 is 4.74 Å². The molecular weight excluding hydrogens is 154 g/mol. The summed E-state index contributed by atoms with van der Waals surface area (Å²) < 4.78 is 4.95. The van der Waals surface area contributed by atoms with Crippen molar-refractivity contribution in [3.63, 3.8) is 0 Å². The van der Waals surface area contributed by atoms with Crippen LogP contribution in [0, 0.1) is 0 Å². The summed E-state index contributed by atoms with van der Waals surface area (Å²) >= 11 is 9.57. The SMILES string of the molecule is CC1=NC(=S)CC(=S)O1. The third kappa shape index (κ3) is 1.80. The first kappa shape index (κ1) is 6.77. The van der Waals surface area contributed by atoms with Gasteiger partial charge in [-0.2, -0.15) is 0 Å².